The van der Waals surface area contributed by atoms with E-state index in [9.17, 15) is 14.4 Å². The number of esters is 1. The minimum absolute atomic E-state index is 0.00506. The van der Waals surface area contributed by atoms with Crippen LogP contribution in [0, 0.1) is 0 Å². The molecule has 1 N–H and O–H groups in total. The Morgan fingerprint density at radius 3 is 2.87 bits per heavy atom. The second-order valence-electron chi connectivity index (χ2n) is 4.95. The van der Waals surface area contributed by atoms with Crippen molar-refractivity contribution in [2.45, 2.75) is 12.8 Å². The van der Waals surface area contributed by atoms with E-state index in [1.54, 1.807) is 23.1 Å². The molecule has 0 aliphatic carbocycles. The zero-order chi connectivity index (χ0) is 16.8. The number of hydrogen-bond donors (Lipinski definition) is 1. The second kappa shape index (κ2) is 7.78. The molecule has 0 spiro atoms. The molecule has 2 rings (SSSR count). The fourth-order valence-electron chi connectivity index (χ4n) is 2.24. The summed E-state index contributed by atoms with van der Waals surface area (Å²) in [6, 6.07) is 4.79. The van der Waals surface area contributed by atoms with Crippen LogP contribution in [0.15, 0.2) is 30.4 Å². The number of amides is 2. The van der Waals surface area contributed by atoms with Gasteiger partial charge in [0.05, 0.1) is 17.8 Å². The normalized spacial score (nSPS) is 14.3. The van der Waals surface area contributed by atoms with Crippen molar-refractivity contribution >= 4 is 35.1 Å². The lowest BCUT2D eigenvalue weighted by Crippen LogP contribution is -2.26. The molecule has 0 aromatic heterocycles. The molecule has 7 heteroatoms. The molecule has 1 saturated heterocycles. The fourth-order valence-corrected chi connectivity index (χ4v) is 2.46. The van der Waals surface area contributed by atoms with E-state index in [0.29, 0.717) is 29.2 Å². The number of nitrogens with zero attached hydrogens (tertiary/aromatic N) is 1. The molecule has 0 radical (unpaired) electrons. The molecule has 23 heavy (non-hydrogen) atoms. The van der Waals surface area contributed by atoms with Crippen LogP contribution in [-0.2, 0) is 14.3 Å². The van der Waals surface area contributed by atoms with Gasteiger partial charge in [-0.25, -0.2) is 4.79 Å². The molecular formula is C16H17ClN2O4. The number of ether oxygens (including phenoxy) is 1. The van der Waals surface area contributed by atoms with Crippen LogP contribution in [0.3, 0.4) is 0 Å². The fraction of sp³-hybridized carbons (Fsp3) is 0.312. The van der Waals surface area contributed by atoms with Crippen molar-refractivity contribution < 1.29 is 19.1 Å². The number of hydrogen-bond acceptors (Lipinski definition) is 4. The highest BCUT2D eigenvalue weighted by molar-refractivity contribution is 6.34. The third-order valence-corrected chi connectivity index (χ3v) is 3.73. The quantitative estimate of drug-likeness (QED) is 0.658. The largest absolute Gasteiger partial charge is 0.466 e. The van der Waals surface area contributed by atoms with Crippen molar-refractivity contribution in [2.75, 3.05) is 25.1 Å². The van der Waals surface area contributed by atoms with Gasteiger partial charge < -0.3 is 15.0 Å². The first kappa shape index (κ1) is 17.0. The number of carbonyl (C=O) groups is 3. The molecule has 0 atom stereocenters. The van der Waals surface area contributed by atoms with Gasteiger partial charge in [-0.3, -0.25) is 9.59 Å². The number of rotatable bonds is 5. The third-order valence-electron chi connectivity index (χ3n) is 3.41. The minimum atomic E-state index is -0.486. The van der Waals surface area contributed by atoms with Gasteiger partial charge in [-0.15, -0.1) is 0 Å². The molecule has 1 aromatic rings. The van der Waals surface area contributed by atoms with E-state index in [1.807, 2.05) is 0 Å². The van der Waals surface area contributed by atoms with Crippen LogP contribution >= 0.6 is 11.6 Å². The minimum Gasteiger partial charge on any atom is -0.466 e. The van der Waals surface area contributed by atoms with Crippen molar-refractivity contribution in [3.05, 3.63) is 40.9 Å². The highest BCUT2D eigenvalue weighted by Gasteiger charge is 2.24. The summed E-state index contributed by atoms with van der Waals surface area (Å²) in [4.78, 5) is 36.4. The maximum atomic E-state index is 12.1. The monoisotopic (exact) mass is 336 g/mol. The molecule has 2 amide bonds. The number of benzene rings is 1. The van der Waals surface area contributed by atoms with Crippen LogP contribution < -0.4 is 10.2 Å². The highest BCUT2D eigenvalue weighted by atomic mass is 35.5. The SMILES string of the molecule is COC(=O)/C=C/CNC(=O)c1ccc(Cl)c(N2CCCC2=O)c1. The molecule has 1 fully saturated rings. The van der Waals surface area contributed by atoms with Gasteiger partial charge in [-0.1, -0.05) is 17.7 Å². The molecule has 1 aliphatic rings. The lowest BCUT2D eigenvalue weighted by molar-refractivity contribution is -0.134. The maximum Gasteiger partial charge on any atom is 0.330 e. The van der Waals surface area contributed by atoms with Gasteiger partial charge in [0.1, 0.15) is 0 Å². The van der Waals surface area contributed by atoms with Crippen molar-refractivity contribution in [3.8, 4) is 0 Å². The Labute approximate surface area is 139 Å². The van der Waals surface area contributed by atoms with Crippen LogP contribution in [0.4, 0.5) is 5.69 Å². The number of anilines is 1. The molecule has 1 heterocycles. The van der Waals surface area contributed by atoms with Crippen molar-refractivity contribution in [3.63, 3.8) is 0 Å². The van der Waals surface area contributed by atoms with Crippen LogP contribution in [0.1, 0.15) is 23.2 Å². The average Bonchev–Trinajstić information content (AvgIpc) is 2.97. The zero-order valence-electron chi connectivity index (χ0n) is 12.7. The number of nitrogens with one attached hydrogen (secondary N) is 1. The molecule has 0 unspecified atom stereocenters. The van der Waals surface area contributed by atoms with Gasteiger partial charge in [0, 0.05) is 31.1 Å². The maximum absolute atomic E-state index is 12.1. The molecule has 1 aromatic carbocycles. The van der Waals surface area contributed by atoms with Crippen LogP contribution in [0.25, 0.3) is 0 Å². The van der Waals surface area contributed by atoms with Gasteiger partial charge in [-0.05, 0) is 24.6 Å². The van der Waals surface area contributed by atoms with Gasteiger partial charge in [0.15, 0.2) is 0 Å². The number of carbonyl (C=O) groups excluding carboxylic acids is 3. The summed E-state index contributed by atoms with van der Waals surface area (Å²) >= 11 is 6.14. The Morgan fingerprint density at radius 2 is 2.22 bits per heavy atom. The Kier molecular flexibility index (Phi) is 5.76. The number of methoxy groups -OCH3 is 1. The van der Waals surface area contributed by atoms with E-state index in [2.05, 4.69) is 10.1 Å². The first-order chi connectivity index (χ1) is 11.0. The summed E-state index contributed by atoms with van der Waals surface area (Å²) in [5.74, 6) is -0.796. The standard InChI is InChI=1S/C16H17ClN2O4/c1-23-15(21)5-2-8-18-16(22)11-6-7-12(17)13(10-11)19-9-3-4-14(19)20/h2,5-7,10H,3-4,8-9H2,1H3,(H,18,22)/b5-2+. The Bertz CT molecular complexity index is 657. The first-order valence-electron chi connectivity index (χ1n) is 7.15. The van der Waals surface area contributed by atoms with E-state index in [4.69, 9.17) is 11.6 Å². The van der Waals surface area contributed by atoms with Gasteiger partial charge in [-0.2, -0.15) is 0 Å². The lowest BCUT2D eigenvalue weighted by atomic mass is 10.1. The molecule has 6 nitrogen and oxygen atoms in total. The van der Waals surface area contributed by atoms with Crippen LogP contribution in [-0.4, -0.2) is 38.0 Å². The molecular weight excluding hydrogens is 320 g/mol. The lowest BCUT2D eigenvalue weighted by Gasteiger charge is -2.18. The van der Waals surface area contributed by atoms with E-state index in [-0.39, 0.29) is 18.4 Å². The Morgan fingerprint density at radius 1 is 1.43 bits per heavy atom. The summed E-state index contributed by atoms with van der Waals surface area (Å²) in [7, 11) is 1.28. The van der Waals surface area contributed by atoms with E-state index in [1.165, 1.54) is 19.3 Å². The summed E-state index contributed by atoms with van der Waals surface area (Å²) in [5, 5.41) is 3.08. The molecule has 0 bridgehead atoms. The van der Waals surface area contributed by atoms with Gasteiger partial charge in [0.25, 0.3) is 5.91 Å². The molecule has 1 aliphatic heterocycles. The molecule has 122 valence electrons. The first-order valence-corrected chi connectivity index (χ1v) is 7.53. The summed E-state index contributed by atoms with van der Waals surface area (Å²) in [5.41, 5.74) is 0.947. The predicted octanol–water partition coefficient (Wildman–Crippen LogP) is 1.93. The summed E-state index contributed by atoms with van der Waals surface area (Å²) in [6.45, 7) is 0.792. The zero-order valence-corrected chi connectivity index (χ0v) is 13.4. The third kappa shape index (κ3) is 4.32. The van der Waals surface area contributed by atoms with Crippen LogP contribution in [0.5, 0.6) is 0 Å². The second-order valence-corrected chi connectivity index (χ2v) is 5.36. The van der Waals surface area contributed by atoms with Crippen molar-refractivity contribution in [1.82, 2.24) is 5.32 Å². The Balaban J connectivity index is 2.05. The van der Waals surface area contributed by atoms with Crippen molar-refractivity contribution in [1.29, 1.82) is 0 Å². The Hall–Kier alpha value is -2.34. The highest BCUT2D eigenvalue weighted by Crippen LogP contribution is 2.30. The van der Waals surface area contributed by atoms with Gasteiger partial charge in [0.2, 0.25) is 5.91 Å². The average molecular weight is 337 g/mol. The topological polar surface area (TPSA) is 75.7 Å². The van der Waals surface area contributed by atoms with Crippen LogP contribution in [0.2, 0.25) is 5.02 Å². The molecule has 0 saturated carbocycles. The smallest absolute Gasteiger partial charge is 0.330 e. The van der Waals surface area contributed by atoms with E-state index in [0.717, 1.165) is 6.42 Å². The predicted molar refractivity (Wildman–Crippen MR) is 86.5 cm³/mol. The summed E-state index contributed by atoms with van der Waals surface area (Å²) in [6.07, 6.45) is 4.00. The van der Waals surface area contributed by atoms with E-state index < -0.39 is 5.97 Å². The van der Waals surface area contributed by atoms with Crippen molar-refractivity contribution in [2.24, 2.45) is 0 Å². The number of halogens is 1. The van der Waals surface area contributed by atoms with E-state index >= 15 is 0 Å². The summed E-state index contributed by atoms with van der Waals surface area (Å²) < 4.78 is 4.45. The van der Waals surface area contributed by atoms with Gasteiger partial charge >= 0.3 is 5.97 Å².